The Hall–Kier alpha value is -1.23. The van der Waals surface area contributed by atoms with Gasteiger partial charge in [-0.3, -0.25) is 0 Å². The van der Waals surface area contributed by atoms with Crippen LogP contribution >= 0.6 is 11.8 Å². The standard InChI is InChI=1S/C11H14N4S/c1-2-5-15-10(3-1)13-11(14-15)12-7-9-4-6-16-8-9/h1-3,5,9H,4,6-8H2,(H,12,14). The molecule has 0 spiro atoms. The van der Waals surface area contributed by atoms with Gasteiger partial charge < -0.3 is 5.32 Å². The van der Waals surface area contributed by atoms with E-state index in [1.165, 1.54) is 17.9 Å². The number of thioether (sulfide) groups is 1. The monoisotopic (exact) mass is 234 g/mol. The zero-order valence-corrected chi connectivity index (χ0v) is 9.78. The van der Waals surface area contributed by atoms with Gasteiger partial charge in [0.1, 0.15) is 0 Å². The van der Waals surface area contributed by atoms with Gasteiger partial charge in [0.2, 0.25) is 5.95 Å². The Morgan fingerprint density at radius 2 is 2.50 bits per heavy atom. The smallest absolute Gasteiger partial charge is 0.243 e. The number of fused-ring (bicyclic) bond motifs is 1. The average molecular weight is 234 g/mol. The molecule has 1 N–H and O–H groups in total. The van der Waals surface area contributed by atoms with Crippen LogP contribution < -0.4 is 5.32 Å². The normalized spacial score (nSPS) is 20.4. The fourth-order valence-corrected chi connectivity index (χ4v) is 3.17. The SMILES string of the molecule is c1ccn2nc(NCC3CCSC3)nc2c1. The van der Waals surface area contributed by atoms with Gasteiger partial charge in [0.15, 0.2) is 5.65 Å². The first-order chi connectivity index (χ1) is 7.92. The van der Waals surface area contributed by atoms with Gasteiger partial charge in [0, 0.05) is 12.7 Å². The molecular formula is C11H14N4S. The van der Waals surface area contributed by atoms with Crippen molar-refractivity contribution in [1.82, 2.24) is 14.6 Å². The maximum absolute atomic E-state index is 4.41. The van der Waals surface area contributed by atoms with Crippen molar-refractivity contribution in [3.05, 3.63) is 24.4 Å². The summed E-state index contributed by atoms with van der Waals surface area (Å²) in [6.45, 7) is 0.990. The van der Waals surface area contributed by atoms with E-state index in [-0.39, 0.29) is 0 Å². The topological polar surface area (TPSA) is 42.2 Å². The van der Waals surface area contributed by atoms with Crippen LogP contribution in [0.3, 0.4) is 0 Å². The number of hydrogen-bond donors (Lipinski definition) is 1. The molecule has 1 unspecified atom stereocenters. The van der Waals surface area contributed by atoms with E-state index in [9.17, 15) is 0 Å². The largest absolute Gasteiger partial charge is 0.353 e. The van der Waals surface area contributed by atoms with E-state index in [4.69, 9.17) is 0 Å². The van der Waals surface area contributed by atoms with E-state index in [1.807, 2.05) is 36.2 Å². The fourth-order valence-electron chi connectivity index (χ4n) is 1.89. The molecule has 1 atom stereocenters. The van der Waals surface area contributed by atoms with Gasteiger partial charge in [-0.1, -0.05) is 6.07 Å². The number of nitrogens with one attached hydrogen (secondary N) is 1. The predicted molar refractivity (Wildman–Crippen MR) is 66.9 cm³/mol. The third kappa shape index (κ3) is 2.00. The second kappa shape index (κ2) is 4.33. The van der Waals surface area contributed by atoms with Crippen molar-refractivity contribution in [2.45, 2.75) is 6.42 Å². The second-order valence-corrected chi connectivity index (χ2v) is 5.20. The molecule has 0 saturated carbocycles. The van der Waals surface area contributed by atoms with E-state index < -0.39 is 0 Å². The van der Waals surface area contributed by atoms with E-state index in [0.717, 1.165) is 24.1 Å². The van der Waals surface area contributed by atoms with E-state index in [1.54, 1.807) is 4.52 Å². The van der Waals surface area contributed by atoms with Crippen LogP contribution in [0.15, 0.2) is 24.4 Å². The molecule has 0 amide bonds. The molecule has 0 radical (unpaired) electrons. The highest BCUT2D eigenvalue weighted by atomic mass is 32.2. The maximum atomic E-state index is 4.41. The summed E-state index contributed by atoms with van der Waals surface area (Å²) in [6, 6.07) is 5.89. The van der Waals surface area contributed by atoms with Crippen molar-refractivity contribution in [2.24, 2.45) is 5.92 Å². The van der Waals surface area contributed by atoms with Crippen molar-refractivity contribution in [2.75, 3.05) is 23.4 Å². The Kier molecular flexibility index (Phi) is 2.70. The third-order valence-corrected chi connectivity index (χ3v) is 4.05. The van der Waals surface area contributed by atoms with E-state index in [0.29, 0.717) is 0 Å². The Morgan fingerprint density at radius 1 is 1.50 bits per heavy atom. The lowest BCUT2D eigenvalue weighted by molar-refractivity contribution is 0.629. The molecular weight excluding hydrogens is 220 g/mol. The number of anilines is 1. The summed E-state index contributed by atoms with van der Waals surface area (Å²) in [6.07, 6.45) is 3.23. The van der Waals surface area contributed by atoms with Gasteiger partial charge >= 0.3 is 0 Å². The van der Waals surface area contributed by atoms with Crippen LogP contribution in [0.1, 0.15) is 6.42 Å². The molecule has 2 aromatic rings. The number of rotatable bonds is 3. The summed E-state index contributed by atoms with van der Waals surface area (Å²) in [5.41, 5.74) is 0.894. The number of hydrogen-bond acceptors (Lipinski definition) is 4. The lowest BCUT2D eigenvalue weighted by Crippen LogP contribution is -2.14. The molecule has 1 aliphatic heterocycles. The molecule has 1 fully saturated rings. The van der Waals surface area contributed by atoms with Gasteiger partial charge in [-0.15, -0.1) is 5.10 Å². The summed E-state index contributed by atoms with van der Waals surface area (Å²) in [5.74, 6) is 4.07. The number of nitrogens with zero attached hydrogens (tertiary/aromatic N) is 3. The van der Waals surface area contributed by atoms with Gasteiger partial charge in [-0.25, -0.2) is 4.52 Å². The molecule has 2 aromatic heterocycles. The average Bonchev–Trinajstić information content (AvgIpc) is 2.95. The van der Waals surface area contributed by atoms with Crippen molar-refractivity contribution in [3.63, 3.8) is 0 Å². The highest BCUT2D eigenvalue weighted by Crippen LogP contribution is 2.23. The quantitative estimate of drug-likeness (QED) is 0.880. The molecule has 5 heteroatoms. The fraction of sp³-hybridized carbons (Fsp3) is 0.455. The van der Waals surface area contributed by atoms with Crippen LogP contribution in [-0.4, -0.2) is 32.6 Å². The zero-order valence-electron chi connectivity index (χ0n) is 8.97. The third-order valence-electron chi connectivity index (χ3n) is 2.81. The molecule has 0 aliphatic carbocycles. The first-order valence-electron chi connectivity index (χ1n) is 5.55. The molecule has 0 bridgehead atoms. The Labute approximate surface area is 98.4 Å². The summed E-state index contributed by atoms with van der Waals surface area (Å²) in [5, 5.41) is 7.68. The van der Waals surface area contributed by atoms with Gasteiger partial charge in [0.25, 0.3) is 0 Å². The lowest BCUT2D eigenvalue weighted by atomic mass is 10.1. The minimum absolute atomic E-state index is 0.739. The zero-order chi connectivity index (χ0) is 10.8. The summed E-state index contributed by atoms with van der Waals surface area (Å²) >= 11 is 2.04. The van der Waals surface area contributed by atoms with E-state index in [2.05, 4.69) is 15.4 Å². The van der Waals surface area contributed by atoms with Crippen molar-refractivity contribution >= 4 is 23.4 Å². The molecule has 0 aromatic carbocycles. The molecule has 3 heterocycles. The van der Waals surface area contributed by atoms with Crippen LogP contribution in [0.25, 0.3) is 5.65 Å². The minimum atomic E-state index is 0.739. The van der Waals surface area contributed by atoms with Crippen LogP contribution in [0.2, 0.25) is 0 Å². The highest BCUT2D eigenvalue weighted by Gasteiger charge is 2.15. The van der Waals surface area contributed by atoms with E-state index >= 15 is 0 Å². The lowest BCUT2D eigenvalue weighted by Gasteiger charge is -2.07. The Morgan fingerprint density at radius 3 is 3.31 bits per heavy atom. The first kappa shape index (κ1) is 9.96. The molecule has 84 valence electrons. The Bertz CT molecular complexity index is 443. The van der Waals surface area contributed by atoms with Crippen molar-refractivity contribution in [3.8, 4) is 0 Å². The number of aromatic nitrogens is 3. The van der Waals surface area contributed by atoms with Gasteiger partial charge in [0.05, 0.1) is 0 Å². The van der Waals surface area contributed by atoms with Crippen molar-refractivity contribution < 1.29 is 0 Å². The van der Waals surface area contributed by atoms with Crippen LogP contribution in [0.5, 0.6) is 0 Å². The predicted octanol–water partition coefficient (Wildman–Crippen LogP) is 1.89. The summed E-state index contributed by atoms with van der Waals surface area (Å²) in [7, 11) is 0. The van der Waals surface area contributed by atoms with Crippen molar-refractivity contribution in [1.29, 1.82) is 0 Å². The van der Waals surface area contributed by atoms with Crippen LogP contribution in [0.4, 0.5) is 5.95 Å². The van der Waals surface area contributed by atoms with Gasteiger partial charge in [-0.2, -0.15) is 16.7 Å². The summed E-state index contributed by atoms with van der Waals surface area (Å²) < 4.78 is 1.80. The molecule has 1 saturated heterocycles. The molecule has 4 nitrogen and oxygen atoms in total. The maximum Gasteiger partial charge on any atom is 0.243 e. The number of pyridine rings is 1. The second-order valence-electron chi connectivity index (χ2n) is 4.05. The minimum Gasteiger partial charge on any atom is -0.353 e. The van der Waals surface area contributed by atoms with Crippen LogP contribution in [-0.2, 0) is 0 Å². The highest BCUT2D eigenvalue weighted by molar-refractivity contribution is 7.99. The first-order valence-corrected chi connectivity index (χ1v) is 6.70. The molecule has 3 rings (SSSR count). The van der Waals surface area contributed by atoms with Gasteiger partial charge in [-0.05, 0) is 36.0 Å². The molecule has 16 heavy (non-hydrogen) atoms. The van der Waals surface area contributed by atoms with Crippen LogP contribution in [0, 0.1) is 5.92 Å². The summed E-state index contributed by atoms with van der Waals surface area (Å²) in [4.78, 5) is 4.41. The Balaban J connectivity index is 1.69. The molecule has 1 aliphatic rings.